The summed E-state index contributed by atoms with van der Waals surface area (Å²) in [7, 11) is 0. The Balaban J connectivity index is 3.51. The van der Waals surface area contributed by atoms with Gasteiger partial charge in [0.15, 0.2) is 0 Å². The van der Waals surface area contributed by atoms with Crippen molar-refractivity contribution in [2.75, 3.05) is 6.61 Å². The molecule has 0 spiro atoms. The Morgan fingerprint density at radius 3 is 0.828 bits per heavy atom. The van der Waals surface area contributed by atoms with Crippen molar-refractivity contribution in [3.05, 3.63) is 0 Å². The SMILES string of the molecule is CCCCCCCCCCCCCCCCCCCCCCCCCC(=O)NC(CO)C(O)C(O)CCCCCCCCCCCCCCCCCCCCCCC. The summed E-state index contributed by atoms with van der Waals surface area (Å²) >= 11 is 0. The fourth-order valence-corrected chi connectivity index (χ4v) is 8.81. The zero-order valence-corrected chi connectivity index (χ0v) is 39.7. The van der Waals surface area contributed by atoms with Gasteiger partial charge in [-0.15, -0.1) is 0 Å². The second kappa shape index (κ2) is 49.0. The van der Waals surface area contributed by atoms with Gasteiger partial charge in [0.05, 0.1) is 18.8 Å². The van der Waals surface area contributed by atoms with Crippen molar-refractivity contribution >= 4 is 5.91 Å². The highest BCUT2D eigenvalue weighted by Gasteiger charge is 2.26. The highest BCUT2D eigenvalue weighted by atomic mass is 16.3. The van der Waals surface area contributed by atoms with Crippen LogP contribution in [0.1, 0.15) is 309 Å². The molecule has 0 bridgehead atoms. The molecular weight excluding hydrogens is 715 g/mol. The molecule has 0 aromatic rings. The van der Waals surface area contributed by atoms with Gasteiger partial charge in [-0.2, -0.15) is 0 Å². The van der Waals surface area contributed by atoms with Crippen LogP contribution in [0.2, 0.25) is 0 Å². The summed E-state index contributed by atoms with van der Waals surface area (Å²) in [5, 5.41) is 33.8. The summed E-state index contributed by atoms with van der Waals surface area (Å²) in [5.41, 5.74) is 0. The lowest BCUT2D eigenvalue weighted by atomic mass is 9.99. The second-order valence-electron chi connectivity index (χ2n) is 18.8. The van der Waals surface area contributed by atoms with Crippen LogP contribution in [0.3, 0.4) is 0 Å². The lowest BCUT2D eigenvalue weighted by Gasteiger charge is -2.26. The molecule has 0 saturated carbocycles. The van der Waals surface area contributed by atoms with Gasteiger partial charge in [0, 0.05) is 6.42 Å². The summed E-state index contributed by atoms with van der Waals surface area (Å²) in [6.07, 6.45) is 58.1. The van der Waals surface area contributed by atoms with Crippen molar-refractivity contribution in [1.82, 2.24) is 5.32 Å². The topological polar surface area (TPSA) is 89.8 Å². The van der Waals surface area contributed by atoms with Gasteiger partial charge in [0.1, 0.15) is 6.10 Å². The highest BCUT2D eigenvalue weighted by Crippen LogP contribution is 2.18. The van der Waals surface area contributed by atoms with Crippen LogP contribution in [-0.2, 0) is 4.79 Å². The Hall–Kier alpha value is -0.650. The summed E-state index contributed by atoms with van der Waals surface area (Å²) < 4.78 is 0. The normalized spacial score (nSPS) is 13.3. The van der Waals surface area contributed by atoms with E-state index in [1.807, 2.05) is 0 Å². The Morgan fingerprint density at radius 2 is 0.586 bits per heavy atom. The predicted octanol–water partition coefficient (Wildman–Crippen LogP) is 16.2. The molecule has 0 heterocycles. The Bertz CT molecular complexity index is 777. The summed E-state index contributed by atoms with van der Waals surface area (Å²) in [4.78, 5) is 12.5. The summed E-state index contributed by atoms with van der Waals surface area (Å²) in [6, 6.07) is -0.804. The molecule has 0 fully saturated rings. The third-order valence-corrected chi connectivity index (χ3v) is 13.0. The Morgan fingerprint density at radius 1 is 0.362 bits per heavy atom. The maximum absolute atomic E-state index is 12.5. The third-order valence-electron chi connectivity index (χ3n) is 13.0. The van der Waals surface area contributed by atoms with Crippen LogP contribution in [0, 0.1) is 0 Å². The number of hydrogen-bond donors (Lipinski definition) is 4. The molecule has 3 atom stereocenters. The van der Waals surface area contributed by atoms with Gasteiger partial charge in [0.25, 0.3) is 0 Å². The van der Waals surface area contributed by atoms with Crippen LogP contribution >= 0.6 is 0 Å². The zero-order chi connectivity index (χ0) is 42.3. The molecular formula is C53H107NO4. The molecule has 58 heavy (non-hydrogen) atoms. The number of aliphatic hydroxyl groups excluding tert-OH is 3. The fraction of sp³-hybridized carbons (Fsp3) is 0.981. The molecule has 0 aliphatic heterocycles. The van der Waals surface area contributed by atoms with Crippen molar-refractivity contribution in [1.29, 1.82) is 0 Å². The molecule has 0 aliphatic carbocycles. The minimum absolute atomic E-state index is 0.136. The van der Waals surface area contributed by atoms with Crippen LogP contribution in [0.25, 0.3) is 0 Å². The number of carbonyl (C=O) groups is 1. The first kappa shape index (κ1) is 57.3. The van der Waals surface area contributed by atoms with E-state index in [-0.39, 0.29) is 12.5 Å². The van der Waals surface area contributed by atoms with E-state index >= 15 is 0 Å². The minimum atomic E-state index is -1.13. The summed E-state index contributed by atoms with van der Waals surface area (Å²) in [6.45, 7) is 4.22. The van der Waals surface area contributed by atoms with Crippen molar-refractivity contribution < 1.29 is 20.1 Å². The maximum atomic E-state index is 12.5. The molecule has 5 heteroatoms. The van der Waals surface area contributed by atoms with Gasteiger partial charge < -0.3 is 20.6 Å². The Kier molecular flexibility index (Phi) is 48.5. The van der Waals surface area contributed by atoms with Crippen molar-refractivity contribution in [3.63, 3.8) is 0 Å². The van der Waals surface area contributed by atoms with Gasteiger partial charge in [-0.05, 0) is 12.8 Å². The fourth-order valence-electron chi connectivity index (χ4n) is 8.81. The lowest BCUT2D eigenvalue weighted by Crippen LogP contribution is -2.50. The maximum Gasteiger partial charge on any atom is 0.220 e. The average molecular weight is 822 g/mol. The number of carbonyl (C=O) groups excluding carboxylic acids is 1. The van der Waals surface area contributed by atoms with E-state index in [0.29, 0.717) is 12.8 Å². The van der Waals surface area contributed by atoms with E-state index < -0.39 is 18.2 Å². The van der Waals surface area contributed by atoms with Crippen LogP contribution in [-0.4, -0.2) is 46.1 Å². The van der Waals surface area contributed by atoms with Crippen LogP contribution in [0.4, 0.5) is 0 Å². The number of hydrogen-bond acceptors (Lipinski definition) is 4. The van der Waals surface area contributed by atoms with E-state index in [1.165, 1.54) is 250 Å². The molecule has 5 nitrogen and oxygen atoms in total. The summed E-state index contributed by atoms with van der Waals surface area (Å²) in [5.74, 6) is -0.136. The number of rotatable bonds is 50. The molecule has 1 amide bonds. The quantitative estimate of drug-likeness (QED) is 0.0460. The first-order valence-electron chi connectivity index (χ1n) is 26.8. The molecule has 0 saturated heterocycles. The molecule has 0 aromatic heterocycles. The predicted molar refractivity (Wildman–Crippen MR) is 255 cm³/mol. The Labute approximate surface area is 364 Å². The standard InChI is InChI=1S/C53H107NO4/c1-3-5-7-9-11-13-15-17-19-21-23-25-26-28-30-32-34-36-38-40-42-44-46-48-52(57)54-50(49-55)53(58)51(56)47-45-43-41-39-37-35-33-31-29-27-24-22-20-18-16-14-12-10-8-6-4-2/h50-51,53,55-56,58H,3-49H2,1-2H3,(H,54,57). The number of amides is 1. The van der Waals surface area contributed by atoms with Crippen molar-refractivity contribution in [2.45, 2.75) is 327 Å². The van der Waals surface area contributed by atoms with E-state index in [1.54, 1.807) is 0 Å². The van der Waals surface area contributed by atoms with Gasteiger partial charge in [0.2, 0.25) is 5.91 Å². The third kappa shape index (κ3) is 43.4. The van der Waals surface area contributed by atoms with E-state index in [4.69, 9.17) is 0 Å². The molecule has 0 rings (SSSR count). The first-order valence-corrected chi connectivity index (χ1v) is 26.8. The van der Waals surface area contributed by atoms with E-state index in [9.17, 15) is 20.1 Å². The smallest absolute Gasteiger partial charge is 0.220 e. The van der Waals surface area contributed by atoms with Gasteiger partial charge >= 0.3 is 0 Å². The van der Waals surface area contributed by atoms with Crippen molar-refractivity contribution in [3.8, 4) is 0 Å². The monoisotopic (exact) mass is 822 g/mol. The lowest BCUT2D eigenvalue weighted by molar-refractivity contribution is -0.124. The minimum Gasteiger partial charge on any atom is -0.394 e. The van der Waals surface area contributed by atoms with Crippen LogP contribution < -0.4 is 5.32 Å². The molecule has 3 unspecified atom stereocenters. The molecule has 4 N–H and O–H groups in total. The second-order valence-corrected chi connectivity index (χ2v) is 18.8. The van der Waals surface area contributed by atoms with Gasteiger partial charge in [-0.1, -0.05) is 290 Å². The van der Waals surface area contributed by atoms with E-state index in [0.717, 1.165) is 32.1 Å². The highest BCUT2D eigenvalue weighted by molar-refractivity contribution is 5.76. The van der Waals surface area contributed by atoms with Gasteiger partial charge in [-0.25, -0.2) is 0 Å². The zero-order valence-electron chi connectivity index (χ0n) is 39.7. The van der Waals surface area contributed by atoms with E-state index in [2.05, 4.69) is 19.2 Å². The molecule has 348 valence electrons. The van der Waals surface area contributed by atoms with Crippen molar-refractivity contribution in [2.24, 2.45) is 0 Å². The van der Waals surface area contributed by atoms with Gasteiger partial charge in [-0.3, -0.25) is 4.79 Å². The molecule has 0 aromatic carbocycles. The number of unbranched alkanes of at least 4 members (excludes halogenated alkanes) is 42. The average Bonchev–Trinajstić information content (AvgIpc) is 3.23. The number of nitrogens with one attached hydrogen (secondary N) is 1. The molecule has 0 aliphatic rings. The van der Waals surface area contributed by atoms with Crippen LogP contribution in [0.5, 0.6) is 0 Å². The largest absolute Gasteiger partial charge is 0.394 e. The number of aliphatic hydroxyl groups is 3. The molecule has 0 radical (unpaired) electrons. The van der Waals surface area contributed by atoms with Crippen LogP contribution in [0.15, 0.2) is 0 Å². The first-order chi connectivity index (χ1) is 28.6.